The van der Waals surface area contributed by atoms with Gasteiger partial charge >= 0.3 is 6.18 Å². The van der Waals surface area contributed by atoms with Gasteiger partial charge in [-0.1, -0.05) is 29.3 Å². The number of anilines is 1. The predicted molar refractivity (Wildman–Crippen MR) is 82.8 cm³/mol. The SMILES string of the molecule is NC(=Nc1cc(Cl)ccc1Cl)Nc1cccc(C(F)(F)F)c1. The van der Waals surface area contributed by atoms with E-state index in [1.54, 1.807) is 12.1 Å². The van der Waals surface area contributed by atoms with Crippen LogP contribution in [0.2, 0.25) is 10.0 Å². The van der Waals surface area contributed by atoms with E-state index in [9.17, 15) is 13.2 Å². The summed E-state index contributed by atoms with van der Waals surface area (Å²) >= 11 is 11.7. The van der Waals surface area contributed by atoms with E-state index >= 15 is 0 Å². The van der Waals surface area contributed by atoms with Crippen molar-refractivity contribution in [2.45, 2.75) is 6.18 Å². The van der Waals surface area contributed by atoms with Gasteiger partial charge in [-0.2, -0.15) is 13.2 Å². The molecule has 0 fully saturated rings. The highest BCUT2D eigenvalue weighted by Crippen LogP contribution is 2.31. The van der Waals surface area contributed by atoms with Crippen LogP contribution in [0.15, 0.2) is 47.5 Å². The maximum atomic E-state index is 12.6. The Labute approximate surface area is 134 Å². The number of alkyl halides is 3. The molecule has 2 aromatic carbocycles. The lowest BCUT2D eigenvalue weighted by Gasteiger charge is -2.10. The molecule has 0 unspecified atom stereocenters. The molecule has 0 heterocycles. The molecule has 3 nitrogen and oxygen atoms in total. The van der Waals surface area contributed by atoms with Crippen molar-refractivity contribution < 1.29 is 13.2 Å². The van der Waals surface area contributed by atoms with Crippen molar-refractivity contribution in [1.82, 2.24) is 0 Å². The van der Waals surface area contributed by atoms with E-state index in [1.165, 1.54) is 18.2 Å². The van der Waals surface area contributed by atoms with Gasteiger partial charge in [0.2, 0.25) is 0 Å². The molecular formula is C14H10Cl2F3N3. The van der Waals surface area contributed by atoms with Crippen molar-refractivity contribution in [3.05, 3.63) is 58.1 Å². The molecule has 0 saturated heterocycles. The van der Waals surface area contributed by atoms with Crippen molar-refractivity contribution >= 4 is 40.5 Å². The van der Waals surface area contributed by atoms with Gasteiger partial charge in [0, 0.05) is 10.7 Å². The summed E-state index contributed by atoms with van der Waals surface area (Å²) in [5.74, 6) is -0.108. The quantitative estimate of drug-likeness (QED) is 0.588. The Morgan fingerprint density at radius 3 is 2.50 bits per heavy atom. The van der Waals surface area contributed by atoms with E-state index in [4.69, 9.17) is 28.9 Å². The largest absolute Gasteiger partial charge is 0.416 e. The Balaban J connectivity index is 2.23. The van der Waals surface area contributed by atoms with Crippen LogP contribution in [-0.4, -0.2) is 5.96 Å². The molecule has 0 bridgehead atoms. The Kier molecular flexibility index (Phi) is 4.83. The van der Waals surface area contributed by atoms with Gasteiger partial charge in [-0.25, -0.2) is 4.99 Å². The molecule has 0 aliphatic heterocycles. The van der Waals surface area contributed by atoms with Crippen LogP contribution in [0.25, 0.3) is 0 Å². The third kappa shape index (κ3) is 4.29. The van der Waals surface area contributed by atoms with Crippen molar-refractivity contribution in [2.75, 3.05) is 5.32 Å². The number of hydrogen-bond acceptors (Lipinski definition) is 1. The summed E-state index contributed by atoms with van der Waals surface area (Å²) in [5.41, 5.74) is 5.36. The first-order chi connectivity index (χ1) is 10.3. The number of aliphatic imine (C=N–C) groups is 1. The standard InChI is InChI=1S/C14H10Cl2F3N3/c15-9-4-5-11(16)12(7-9)22-13(20)21-10-3-1-2-8(6-10)14(17,18)19/h1-7H,(H3,20,21,22). The Bertz CT molecular complexity index is 715. The fourth-order valence-corrected chi connectivity index (χ4v) is 1.98. The summed E-state index contributed by atoms with van der Waals surface area (Å²) in [7, 11) is 0. The Hall–Kier alpha value is -1.92. The summed E-state index contributed by atoms with van der Waals surface area (Å²) < 4.78 is 37.9. The lowest BCUT2D eigenvalue weighted by atomic mass is 10.2. The summed E-state index contributed by atoms with van der Waals surface area (Å²) in [4.78, 5) is 3.99. The number of hydrogen-bond donors (Lipinski definition) is 2. The maximum Gasteiger partial charge on any atom is 0.416 e. The molecule has 0 amide bonds. The number of nitrogens with zero attached hydrogens (tertiary/aromatic N) is 1. The van der Waals surface area contributed by atoms with Crippen LogP contribution in [-0.2, 0) is 6.18 Å². The van der Waals surface area contributed by atoms with Crippen LogP contribution >= 0.6 is 23.2 Å². The van der Waals surface area contributed by atoms with Crippen molar-refractivity contribution in [1.29, 1.82) is 0 Å². The molecule has 0 aromatic heterocycles. The van der Waals surface area contributed by atoms with Crippen LogP contribution < -0.4 is 11.1 Å². The number of rotatable bonds is 2. The van der Waals surface area contributed by atoms with E-state index in [0.29, 0.717) is 15.7 Å². The smallest absolute Gasteiger partial charge is 0.369 e. The average molecular weight is 348 g/mol. The van der Waals surface area contributed by atoms with E-state index < -0.39 is 11.7 Å². The number of guanidine groups is 1. The summed E-state index contributed by atoms with van der Waals surface area (Å²) in [5, 5.41) is 3.31. The molecule has 116 valence electrons. The van der Waals surface area contributed by atoms with Crippen LogP contribution in [0.1, 0.15) is 5.56 Å². The highest BCUT2D eigenvalue weighted by atomic mass is 35.5. The van der Waals surface area contributed by atoms with Crippen molar-refractivity contribution in [3.63, 3.8) is 0 Å². The zero-order valence-corrected chi connectivity index (χ0v) is 12.5. The summed E-state index contributed by atoms with van der Waals surface area (Å²) in [6.07, 6.45) is -4.43. The second kappa shape index (κ2) is 6.46. The molecule has 0 aliphatic rings. The minimum atomic E-state index is -4.43. The third-order valence-corrected chi connectivity index (χ3v) is 3.17. The topological polar surface area (TPSA) is 50.4 Å². The van der Waals surface area contributed by atoms with Gasteiger partial charge in [0.1, 0.15) is 0 Å². The van der Waals surface area contributed by atoms with Gasteiger partial charge in [0.25, 0.3) is 0 Å². The molecule has 0 radical (unpaired) electrons. The van der Waals surface area contributed by atoms with E-state index in [0.717, 1.165) is 12.1 Å². The number of nitrogens with one attached hydrogen (secondary N) is 1. The van der Waals surface area contributed by atoms with Gasteiger partial charge in [0.15, 0.2) is 5.96 Å². The zero-order valence-electron chi connectivity index (χ0n) is 11.0. The molecule has 0 atom stereocenters. The van der Waals surface area contributed by atoms with Crippen LogP contribution in [0.3, 0.4) is 0 Å². The molecular weight excluding hydrogens is 338 g/mol. The fourth-order valence-electron chi connectivity index (χ4n) is 1.65. The minimum Gasteiger partial charge on any atom is -0.369 e. The highest BCUT2D eigenvalue weighted by molar-refractivity contribution is 6.35. The van der Waals surface area contributed by atoms with Gasteiger partial charge in [-0.3, -0.25) is 0 Å². The zero-order chi connectivity index (χ0) is 16.3. The Morgan fingerprint density at radius 2 is 1.82 bits per heavy atom. The molecule has 3 N–H and O–H groups in total. The lowest BCUT2D eigenvalue weighted by Crippen LogP contribution is -2.22. The molecule has 0 spiro atoms. The first-order valence-electron chi connectivity index (χ1n) is 5.99. The van der Waals surface area contributed by atoms with Crippen LogP contribution in [0.4, 0.5) is 24.5 Å². The summed E-state index contributed by atoms with van der Waals surface area (Å²) in [6.45, 7) is 0. The average Bonchev–Trinajstić information content (AvgIpc) is 2.42. The minimum absolute atomic E-state index is 0.108. The van der Waals surface area contributed by atoms with Gasteiger partial charge in [-0.15, -0.1) is 0 Å². The second-order valence-electron chi connectivity index (χ2n) is 4.30. The monoisotopic (exact) mass is 347 g/mol. The molecule has 2 aromatic rings. The summed E-state index contributed by atoms with van der Waals surface area (Å²) in [6, 6.07) is 9.22. The molecule has 22 heavy (non-hydrogen) atoms. The molecule has 0 aliphatic carbocycles. The molecule has 0 saturated carbocycles. The van der Waals surface area contributed by atoms with Gasteiger partial charge in [-0.05, 0) is 36.4 Å². The molecule has 2 rings (SSSR count). The first-order valence-corrected chi connectivity index (χ1v) is 6.75. The van der Waals surface area contributed by atoms with E-state index in [2.05, 4.69) is 10.3 Å². The first kappa shape index (κ1) is 16.5. The Morgan fingerprint density at radius 1 is 1.09 bits per heavy atom. The lowest BCUT2D eigenvalue weighted by molar-refractivity contribution is -0.137. The van der Waals surface area contributed by atoms with Crippen LogP contribution in [0, 0.1) is 0 Å². The predicted octanol–water partition coefficient (Wildman–Crippen LogP) is 5.07. The number of nitrogens with two attached hydrogens (primary N) is 1. The normalized spacial score (nSPS) is 12.3. The fraction of sp³-hybridized carbons (Fsp3) is 0.0714. The molecule has 8 heteroatoms. The van der Waals surface area contributed by atoms with Crippen LogP contribution in [0.5, 0.6) is 0 Å². The van der Waals surface area contributed by atoms with Crippen molar-refractivity contribution in [2.24, 2.45) is 10.7 Å². The number of halogens is 5. The van der Waals surface area contributed by atoms with Gasteiger partial charge < -0.3 is 11.1 Å². The van der Waals surface area contributed by atoms with Gasteiger partial charge in [0.05, 0.1) is 16.3 Å². The van der Waals surface area contributed by atoms with E-state index in [-0.39, 0.29) is 11.6 Å². The van der Waals surface area contributed by atoms with Crippen molar-refractivity contribution in [3.8, 4) is 0 Å². The number of benzene rings is 2. The van der Waals surface area contributed by atoms with E-state index in [1.807, 2.05) is 0 Å². The maximum absolute atomic E-state index is 12.6. The second-order valence-corrected chi connectivity index (χ2v) is 5.14. The third-order valence-electron chi connectivity index (χ3n) is 2.61. The highest BCUT2D eigenvalue weighted by Gasteiger charge is 2.30.